The number of aromatic amines is 1. The van der Waals surface area contributed by atoms with Crippen molar-refractivity contribution in [3.05, 3.63) is 33.1 Å². The fraction of sp³-hybridized carbons (Fsp3) is 0.600. The molecule has 1 aliphatic heterocycles. The number of nitrogens with zero attached hydrogens (tertiary/aromatic N) is 1. The van der Waals surface area contributed by atoms with Crippen LogP contribution in [0.15, 0.2) is 21.9 Å². The Kier molecular flexibility index (Phi) is 4.97. The fourth-order valence-corrected chi connectivity index (χ4v) is 2.38. The maximum atomic E-state index is 11.6. The minimum atomic E-state index is -4.52. The number of aromatic nitrogens is 2. The van der Waals surface area contributed by atoms with Crippen molar-refractivity contribution in [1.29, 1.82) is 0 Å². The quantitative estimate of drug-likeness (QED) is 0.484. The van der Waals surface area contributed by atoms with Gasteiger partial charge in [0, 0.05) is 19.4 Å². The van der Waals surface area contributed by atoms with E-state index in [1.165, 1.54) is 0 Å². The third-order valence-corrected chi connectivity index (χ3v) is 4.00. The van der Waals surface area contributed by atoms with Crippen LogP contribution in [0.25, 0.3) is 0 Å². The van der Waals surface area contributed by atoms with E-state index in [0.717, 1.165) is 23.9 Å². The lowest BCUT2D eigenvalue weighted by molar-refractivity contribution is -0.226. The van der Waals surface area contributed by atoms with Crippen molar-refractivity contribution >= 4 is 7.82 Å². The van der Waals surface area contributed by atoms with Crippen LogP contribution < -0.4 is 16.1 Å². The van der Waals surface area contributed by atoms with E-state index in [9.17, 15) is 29.3 Å². The van der Waals surface area contributed by atoms with Gasteiger partial charge in [0.05, 0.1) is 6.61 Å². The summed E-state index contributed by atoms with van der Waals surface area (Å²) >= 11 is 0. The summed E-state index contributed by atoms with van der Waals surface area (Å²) in [6, 6.07) is 1.03. The highest BCUT2D eigenvalue weighted by Gasteiger charge is 2.44. The lowest BCUT2D eigenvalue weighted by atomic mass is 10.1. The molecule has 0 radical (unpaired) electrons. The van der Waals surface area contributed by atoms with Crippen molar-refractivity contribution in [2.75, 3.05) is 13.7 Å². The van der Waals surface area contributed by atoms with E-state index >= 15 is 0 Å². The molecule has 2 unspecified atom stereocenters. The van der Waals surface area contributed by atoms with E-state index in [2.05, 4.69) is 9.05 Å². The summed E-state index contributed by atoms with van der Waals surface area (Å²) in [4.78, 5) is 35.7. The fourth-order valence-electron chi connectivity index (χ4n) is 1.94. The van der Waals surface area contributed by atoms with Crippen LogP contribution in [0.4, 0.5) is 0 Å². The van der Waals surface area contributed by atoms with E-state index in [1.807, 2.05) is 4.98 Å². The Balaban J connectivity index is 2.15. The zero-order chi connectivity index (χ0) is 16.5. The highest BCUT2D eigenvalue weighted by Crippen LogP contribution is 2.38. The lowest BCUT2D eigenvalue weighted by Gasteiger charge is -2.23. The number of aliphatic hydroxyl groups is 2. The first kappa shape index (κ1) is 17.0. The second kappa shape index (κ2) is 6.42. The largest absolute Gasteiger partial charge is 0.756 e. The van der Waals surface area contributed by atoms with Crippen LogP contribution in [0, 0.1) is 0 Å². The van der Waals surface area contributed by atoms with Gasteiger partial charge >= 0.3 is 5.69 Å². The molecule has 1 aromatic rings. The molecule has 0 spiro atoms. The summed E-state index contributed by atoms with van der Waals surface area (Å²) in [6.07, 6.45) is -4.46. The third-order valence-electron chi connectivity index (χ3n) is 3.08. The standard InChI is InChI=1S/C10H15N2O9P/c1-19-22(17,18)20-4-5-7(14)8(15)9(21-5)12-3-2-6(13)11-10(12)16/h2-3,5,7-9,14-15H,4H2,1H3,(H,17,18)(H,11,13,16)/p-1/t5-,7?,8+,9-/m1/s1. The molecule has 5 atom stereocenters. The topological polar surface area (TPSA) is 163 Å². The Morgan fingerprint density at radius 3 is 2.73 bits per heavy atom. The zero-order valence-corrected chi connectivity index (χ0v) is 12.2. The summed E-state index contributed by atoms with van der Waals surface area (Å²) in [5, 5.41) is 19.7. The summed E-state index contributed by atoms with van der Waals surface area (Å²) in [6.45, 7) is -0.610. The SMILES string of the molecule is COP(=O)([O-])OC[C@H]1O[C@@H](n2ccc(=O)[nH]c2=O)[C@@H](O)C1O. The van der Waals surface area contributed by atoms with E-state index in [0.29, 0.717) is 0 Å². The maximum absolute atomic E-state index is 11.6. The molecule has 0 bridgehead atoms. The van der Waals surface area contributed by atoms with E-state index < -0.39 is 50.2 Å². The number of ether oxygens (including phenoxy) is 1. The summed E-state index contributed by atoms with van der Waals surface area (Å²) in [7, 11) is -3.62. The van der Waals surface area contributed by atoms with Crippen LogP contribution in [0.2, 0.25) is 0 Å². The molecule has 1 saturated heterocycles. The molecule has 0 aliphatic carbocycles. The van der Waals surface area contributed by atoms with Crippen molar-refractivity contribution < 1.29 is 33.5 Å². The normalized spacial score (nSPS) is 31.1. The number of aliphatic hydroxyl groups excluding tert-OH is 2. The Morgan fingerprint density at radius 1 is 1.45 bits per heavy atom. The van der Waals surface area contributed by atoms with Gasteiger partial charge in [0.2, 0.25) is 0 Å². The number of rotatable bonds is 5. The number of phosphoric acid groups is 1. The molecule has 22 heavy (non-hydrogen) atoms. The van der Waals surface area contributed by atoms with Gasteiger partial charge in [0.15, 0.2) is 6.23 Å². The number of H-pyrrole nitrogens is 1. The van der Waals surface area contributed by atoms with E-state index in [4.69, 9.17) is 4.74 Å². The number of phosphoric ester groups is 1. The molecular weight excluding hydrogens is 323 g/mol. The summed E-state index contributed by atoms with van der Waals surface area (Å²) < 4.78 is 25.7. The average Bonchev–Trinajstić information content (AvgIpc) is 2.73. The van der Waals surface area contributed by atoms with Gasteiger partial charge in [-0.1, -0.05) is 0 Å². The Bertz CT molecular complexity index is 685. The van der Waals surface area contributed by atoms with Gasteiger partial charge in [-0.25, -0.2) is 4.79 Å². The molecular formula is C10H14N2O9P-. The van der Waals surface area contributed by atoms with Gasteiger partial charge in [0.25, 0.3) is 13.4 Å². The van der Waals surface area contributed by atoms with Gasteiger partial charge in [0.1, 0.15) is 18.3 Å². The predicted molar refractivity (Wildman–Crippen MR) is 67.8 cm³/mol. The second-order valence-electron chi connectivity index (χ2n) is 4.49. The highest BCUT2D eigenvalue weighted by molar-refractivity contribution is 7.45. The molecule has 1 aliphatic rings. The Hall–Kier alpha value is -1.33. The maximum Gasteiger partial charge on any atom is 0.330 e. The minimum Gasteiger partial charge on any atom is -0.756 e. The first-order valence-electron chi connectivity index (χ1n) is 6.09. The minimum absolute atomic E-state index is 0.610. The van der Waals surface area contributed by atoms with E-state index in [-0.39, 0.29) is 0 Å². The Labute approximate surface area is 123 Å². The molecule has 2 rings (SSSR count). The summed E-state index contributed by atoms with van der Waals surface area (Å²) in [5.41, 5.74) is -1.49. The molecule has 2 heterocycles. The smallest absolute Gasteiger partial charge is 0.330 e. The van der Waals surface area contributed by atoms with Crippen molar-refractivity contribution in [3.63, 3.8) is 0 Å². The van der Waals surface area contributed by atoms with Gasteiger partial charge in [-0.05, 0) is 0 Å². The van der Waals surface area contributed by atoms with Crippen LogP contribution in [0.3, 0.4) is 0 Å². The Morgan fingerprint density at radius 2 is 2.14 bits per heavy atom. The van der Waals surface area contributed by atoms with Gasteiger partial charge in [-0.3, -0.25) is 18.9 Å². The highest BCUT2D eigenvalue weighted by atomic mass is 31.2. The zero-order valence-electron chi connectivity index (χ0n) is 11.3. The molecule has 0 aromatic carbocycles. The van der Waals surface area contributed by atoms with Crippen LogP contribution in [-0.2, 0) is 18.3 Å². The van der Waals surface area contributed by atoms with Crippen molar-refractivity contribution in [1.82, 2.24) is 9.55 Å². The molecule has 1 aromatic heterocycles. The summed E-state index contributed by atoms with van der Waals surface area (Å²) in [5.74, 6) is 0. The molecule has 124 valence electrons. The number of hydrogen-bond donors (Lipinski definition) is 3. The number of hydrogen-bond acceptors (Lipinski definition) is 9. The van der Waals surface area contributed by atoms with Crippen LogP contribution in [-0.4, -0.2) is 51.8 Å². The number of nitrogens with one attached hydrogen (secondary N) is 1. The average molecular weight is 337 g/mol. The lowest BCUT2D eigenvalue weighted by Crippen LogP contribution is -2.37. The molecule has 0 saturated carbocycles. The van der Waals surface area contributed by atoms with Crippen molar-refractivity contribution in [2.24, 2.45) is 0 Å². The van der Waals surface area contributed by atoms with Crippen LogP contribution >= 0.6 is 7.82 Å². The van der Waals surface area contributed by atoms with E-state index in [1.54, 1.807) is 0 Å². The first-order valence-corrected chi connectivity index (χ1v) is 7.55. The predicted octanol–water partition coefficient (Wildman–Crippen LogP) is -2.71. The van der Waals surface area contributed by atoms with Gasteiger partial charge in [-0.15, -0.1) is 0 Å². The van der Waals surface area contributed by atoms with Gasteiger partial charge in [-0.2, -0.15) is 0 Å². The molecule has 12 heteroatoms. The molecule has 11 nitrogen and oxygen atoms in total. The molecule has 1 fully saturated rings. The van der Waals surface area contributed by atoms with Crippen molar-refractivity contribution in [2.45, 2.75) is 24.5 Å². The second-order valence-corrected chi connectivity index (χ2v) is 6.01. The van der Waals surface area contributed by atoms with Crippen molar-refractivity contribution in [3.8, 4) is 0 Å². The molecule has 0 amide bonds. The molecule has 3 N–H and O–H groups in total. The van der Waals surface area contributed by atoms with Gasteiger partial charge < -0.3 is 28.9 Å². The third kappa shape index (κ3) is 3.52. The van der Waals surface area contributed by atoms with Crippen LogP contribution in [0.1, 0.15) is 6.23 Å². The first-order chi connectivity index (χ1) is 10.2. The van der Waals surface area contributed by atoms with Crippen LogP contribution in [0.5, 0.6) is 0 Å². The monoisotopic (exact) mass is 337 g/mol.